The predicted octanol–water partition coefficient (Wildman–Crippen LogP) is 3.09. The molecule has 1 heterocycles. The summed E-state index contributed by atoms with van der Waals surface area (Å²) in [7, 11) is 0. The Morgan fingerprint density at radius 2 is 1.58 bits per heavy atom. The van der Waals surface area contributed by atoms with Gasteiger partial charge in [-0.3, -0.25) is 9.59 Å². The lowest BCUT2D eigenvalue weighted by atomic mass is 9.87. The van der Waals surface area contributed by atoms with Gasteiger partial charge in [-0.05, 0) is 29.2 Å². The molecule has 1 saturated heterocycles. The first-order valence-electron chi connectivity index (χ1n) is 10.5. The summed E-state index contributed by atoms with van der Waals surface area (Å²) in [6.07, 6.45) is -0.640. The second-order valence-corrected chi connectivity index (χ2v) is 8.32. The van der Waals surface area contributed by atoms with Crippen LogP contribution in [0.15, 0.2) is 48.5 Å². The molecule has 2 atom stereocenters. The van der Waals surface area contributed by atoms with Crippen LogP contribution in [0.3, 0.4) is 0 Å². The van der Waals surface area contributed by atoms with E-state index >= 15 is 0 Å². The van der Waals surface area contributed by atoms with Crippen LogP contribution in [-0.4, -0.2) is 53.7 Å². The molecule has 1 unspecified atom stereocenters. The highest BCUT2D eigenvalue weighted by Crippen LogP contribution is 2.44. The zero-order chi connectivity index (χ0) is 22.1. The molecule has 31 heavy (non-hydrogen) atoms. The summed E-state index contributed by atoms with van der Waals surface area (Å²) in [4.78, 5) is 37.5. The second kappa shape index (κ2) is 8.41. The maximum Gasteiger partial charge on any atom is 0.407 e. The molecule has 2 aromatic rings. The van der Waals surface area contributed by atoms with Gasteiger partial charge in [-0.1, -0.05) is 55.5 Å². The lowest BCUT2D eigenvalue weighted by Gasteiger charge is -2.42. The van der Waals surface area contributed by atoms with Gasteiger partial charge in [-0.15, -0.1) is 0 Å². The number of aliphatic carboxylic acids is 1. The van der Waals surface area contributed by atoms with E-state index in [1.807, 2.05) is 36.4 Å². The summed E-state index contributed by atoms with van der Waals surface area (Å²) in [5.41, 5.74) is 4.55. The SMILES string of the molecule is CC(C(=O)O)C1CN(C(=O)[C@H](C)NC(=O)OCC2c3ccccc3-c3ccccc32)C1. The van der Waals surface area contributed by atoms with Crippen molar-refractivity contribution in [2.45, 2.75) is 25.8 Å². The Morgan fingerprint density at radius 1 is 1.03 bits per heavy atom. The summed E-state index contributed by atoms with van der Waals surface area (Å²) in [6.45, 7) is 4.22. The fourth-order valence-corrected chi connectivity index (χ4v) is 4.36. The maximum absolute atomic E-state index is 12.5. The molecular formula is C24H26N2O5. The number of alkyl carbamates (subject to hydrolysis) is 1. The zero-order valence-corrected chi connectivity index (χ0v) is 17.6. The Kier molecular flexibility index (Phi) is 5.67. The number of hydrogen-bond donors (Lipinski definition) is 2. The van der Waals surface area contributed by atoms with Crippen LogP contribution < -0.4 is 5.32 Å². The Labute approximate surface area is 181 Å². The number of carboxylic acid groups (broad SMARTS) is 1. The van der Waals surface area contributed by atoms with E-state index in [0.29, 0.717) is 13.1 Å². The van der Waals surface area contributed by atoms with Crippen molar-refractivity contribution in [3.63, 3.8) is 0 Å². The minimum Gasteiger partial charge on any atom is -0.481 e. The first kappa shape index (κ1) is 20.9. The number of rotatable bonds is 6. The molecule has 2 amide bonds. The molecule has 2 aromatic carbocycles. The van der Waals surface area contributed by atoms with Gasteiger partial charge in [0.25, 0.3) is 0 Å². The van der Waals surface area contributed by atoms with Crippen LogP contribution in [0.25, 0.3) is 11.1 Å². The Bertz CT molecular complexity index is 969. The van der Waals surface area contributed by atoms with Crippen LogP contribution in [0, 0.1) is 11.8 Å². The number of nitrogens with zero attached hydrogens (tertiary/aromatic N) is 1. The lowest BCUT2D eigenvalue weighted by molar-refractivity contribution is -0.151. The largest absolute Gasteiger partial charge is 0.481 e. The van der Waals surface area contributed by atoms with Crippen molar-refractivity contribution in [1.82, 2.24) is 10.2 Å². The van der Waals surface area contributed by atoms with E-state index in [-0.39, 0.29) is 24.3 Å². The number of ether oxygens (including phenoxy) is 1. The van der Waals surface area contributed by atoms with Crippen molar-refractivity contribution >= 4 is 18.0 Å². The number of carbonyl (C=O) groups excluding carboxylic acids is 2. The van der Waals surface area contributed by atoms with Crippen molar-refractivity contribution in [2.24, 2.45) is 11.8 Å². The molecule has 0 bridgehead atoms. The first-order chi connectivity index (χ1) is 14.9. The zero-order valence-electron chi connectivity index (χ0n) is 17.6. The van der Waals surface area contributed by atoms with E-state index in [2.05, 4.69) is 17.4 Å². The predicted molar refractivity (Wildman–Crippen MR) is 115 cm³/mol. The average molecular weight is 422 g/mol. The summed E-state index contributed by atoms with van der Waals surface area (Å²) in [5, 5.41) is 11.7. The van der Waals surface area contributed by atoms with Crippen LogP contribution in [0.1, 0.15) is 30.9 Å². The van der Waals surface area contributed by atoms with E-state index in [9.17, 15) is 14.4 Å². The maximum atomic E-state index is 12.5. The van der Waals surface area contributed by atoms with Gasteiger partial charge in [0, 0.05) is 24.9 Å². The number of carboxylic acids is 1. The fraction of sp³-hybridized carbons (Fsp3) is 0.375. The molecule has 0 spiro atoms. The van der Waals surface area contributed by atoms with Gasteiger partial charge in [0.15, 0.2) is 0 Å². The second-order valence-electron chi connectivity index (χ2n) is 8.32. The van der Waals surface area contributed by atoms with Gasteiger partial charge in [0.1, 0.15) is 12.6 Å². The van der Waals surface area contributed by atoms with Crippen molar-refractivity contribution in [1.29, 1.82) is 0 Å². The molecule has 1 aliphatic carbocycles. The van der Waals surface area contributed by atoms with Gasteiger partial charge in [-0.25, -0.2) is 4.79 Å². The fourth-order valence-electron chi connectivity index (χ4n) is 4.36. The highest BCUT2D eigenvalue weighted by Gasteiger charge is 2.39. The summed E-state index contributed by atoms with van der Waals surface area (Å²) in [5.74, 6) is -1.68. The molecule has 7 heteroatoms. The summed E-state index contributed by atoms with van der Waals surface area (Å²) in [6, 6.07) is 15.4. The highest BCUT2D eigenvalue weighted by atomic mass is 16.5. The third-order valence-corrected chi connectivity index (χ3v) is 6.37. The van der Waals surface area contributed by atoms with Crippen LogP contribution in [0.5, 0.6) is 0 Å². The van der Waals surface area contributed by atoms with E-state index in [1.165, 1.54) is 0 Å². The smallest absolute Gasteiger partial charge is 0.407 e. The standard InChI is InChI=1S/C24H26N2O5/c1-14(23(28)29)16-11-26(12-16)22(27)15(2)25-24(30)31-13-21-19-9-5-3-7-17(19)18-8-4-6-10-20(18)21/h3-10,14-16,21H,11-13H2,1-2H3,(H,25,30)(H,28,29)/t14?,15-/m0/s1. The third-order valence-electron chi connectivity index (χ3n) is 6.37. The number of carbonyl (C=O) groups is 3. The molecule has 0 radical (unpaired) electrons. The van der Waals surface area contributed by atoms with Crippen molar-refractivity contribution in [3.05, 3.63) is 59.7 Å². The normalized spacial score (nSPS) is 17.2. The molecule has 1 fully saturated rings. The average Bonchev–Trinajstić information content (AvgIpc) is 3.04. The molecule has 0 saturated carbocycles. The van der Waals surface area contributed by atoms with E-state index in [4.69, 9.17) is 9.84 Å². The van der Waals surface area contributed by atoms with E-state index < -0.39 is 24.0 Å². The number of likely N-dealkylation sites (tertiary alicyclic amines) is 1. The molecule has 2 aliphatic rings. The van der Waals surface area contributed by atoms with Crippen molar-refractivity contribution < 1.29 is 24.2 Å². The number of benzene rings is 2. The quantitative estimate of drug-likeness (QED) is 0.746. The van der Waals surface area contributed by atoms with E-state index in [0.717, 1.165) is 22.3 Å². The molecule has 162 valence electrons. The Morgan fingerprint density at radius 3 is 2.13 bits per heavy atom. The molecule has 4 rings (SSSR count). The first-order valence-corrected chi connectivity index (χ1v) is 10.5. The van der Waals surface area contributed by atoms with Gasteiger partial charge >= 0.3 is 12.1 Å². The van der Waals surface area contributed by atoms with E-state index in [1.54, 1.807) is 18.7 Å². The molecular weight excluding hydrogens is 396 g/mol. The Balaban J connectivity index is 1.31. The van der Waals surface area contributed by atoms with Gasteiger partial charge in [0.05, 0.1) is 5.92 Å². The molecule has 1 aliphatic heterocycles. The molecule has 2 N–H and O–H groups in total. The number of hydrogen-bond acceptors (Lipinski definition) is 4. The van der Waals surface area contributed by atoms with Crippen LogP contribution in [0.2, 0.25) is 0 Å². The highest BCUT2D eigenvalue weighted by molar-refractivity contribution is 5.86. The van der Waals surface area contributed by atoms with Crippen molar-refractivity contribution in [2.75, 3.05) is 19.7 Å². The molecule has 7 nitrogen and oxygen atoms in total. The van der Waals surface area contributed by atoms with Crippen LogP contribution in [-0.2, 0) is 14.3 Å². The summed E-state index contributed by atoms with van der Waals surface area (Å²) >= 11 is 0. The number of amides is 2. The minimum absolute atomic E-state index is 0.0437. The van der Waals surface area contributed by atoms with Crippen LogP contribution in [0.4, 0.5) is 4.79 Å². The topological polar surface area (TPSA) is 95.9 Å². The number of nitrogens with one attached hydrogen (secondary N) is 1. The van der Waals surface area contributed by atoms with Gasteiger partial charge < -0.3 is 20.1 Å². The minimum atomic E-state index is -0.859. The third kappa shape index (κ3) is 4.00. The van der Waals surface area contributed by atoms with Gasteiger partial charge in [0.2, 0.25) is 5.91 Å². The Hall–Kier alpha value is -3.35. The van der Waals surface area contributed by atoms with Crippen molar-refractivity contribution in [3.8, 4) is 11.1 Å². The van der Waals surface area contributed by atoms with Crippen LogP contribution >= 0.6 is 0 Å². The monoisotopic (exact) mass is 422 g/mol. The lowest BCUT2D eigenvalue weighted by Crippen LogP contribution is -2.58. The van der Waals surface area contributed by atoms with Gasteiger partial charge in [-0.2, -0.15) is 0 Å². The summed E-state index contributed by atoms with van der Waals surface area (Å²) < 4.78 is 5.48. The molecule has 0 aromatic heterocycles. The number of fused-ring (bicyclic) bond motifs is 3.